The Bertz CT molecular complexity index is 2170. The lowest BCUT2D eigenvalue weighted by Crippen LogP contribution is -2.29. The lowest BCUT2D eigenvalue weighted by molar-refractivity contribution is -0.125. The first-order valence-electron chi connectivity index (χ1n) is 15.8. The third-order valence-corrected chi connectivity index (χ3v) is 11.2. The molecular formula is C36H33N5O5S. The van der Waals surface area contributed by atoms with Crippen LogP contribution in [0.2, 0.25) is 0 Å². The number of carbonyl (C=O) groups is 2. The number of nitrogens with two attached hydrogens (primary N) is 1. The van der Waals surface area contributed by atoms with E-state index in [-0.39, 0.29) is 11.7 Å². The van der Waals surface area contributed by atoms with Crippen molar-refractivity contribution >= 4 is 44.1 Å². The van der Waals surface area contributed by atoms with Crippen molar-refractivity contribution in [3.8, 4) is 17.1 Å². The number of primary amides is 1. The number of H-pyrrole nitrogens is 1. The van der Waals surface area contributed by atoms with Crippen LogP contribution in [0.4, 0.5) is 11.4 Å². The molecular weight excluding hydrogens is 614 g/mol. The van der Waals surface area contributed by atoms with Crippen molar-refractivity contribution in [2.45, 2.75) is 43.2 Å². The molecule has 0 spiro atoms. The van der Waals surface area contributed by atoms with Gasteiger partial charge in [-0.2, -0.15) is 0 Å². The van der Waals surface area contributed by atoms with E-state index in [1.807, 2.05) is 41.3 Å². The van der Waals surface area contributed by atoms with Gasteiger partial charge in [-0.25, -0.2) is 13.4 Å². The Balaban J connectivity index is 0.993. The smallest absolute Gasteiger partial charge is 0.263 e. The fourth-order valence-corrected chi connectivity index (χ4v) is 8.44. The van der Waals surface area contributed by atoms with Crippen LogP contribution in [0.25, 0.3) is 22.4 Å². The molecule has 3 aliphatic rings. The molecule has 8 rings (SSSR count). The number of amides is 2. The van der Waals surface area contributed by atoms with Gasteiger partial charge in [0, 0.05) is 41.2 Å². The number of aromatic nitrogens is 2. The molecule has 2 amide bonds. The van der Waals surface area contributed by atoms with Gasteiger partial charge in [-0.1, -0.05) is 12.1 Å². The zero-order valence-corrected chi connectivity index (χ0v) is 26.4. The fourth-order valence-electron chi connectivity index (χ4n) is 6.90. The maximum absolute atomic E-state index is 13.4. The Kier molecular flexibility index (Phi) is 7.02. The summed E-state index contributed by atoms with van der Waals surface area (Å²) in [5.74, 6) is 0.462. The van der Waals surface area contributed by atoms with Crippen molar-refractivity contribution in [2.75, 3.05) is 28.6 Å². The first-order valence-corrected chi connectivity index (χ1v) is 17.5. The molecule has 0 aliphatic carbocycles. The summed E-state index contributed by atoms with van der Waals surface area (Å²) in [6, 6.07) is 23.9. The van der Waals surface area contributed by atoms with Gasteiger partial charge in [-0.3, -0.25) is 9.59 Å². The van der Waals surface area contributed by atoms with Gasteiger partial charge in [0.2, 0.25) is 6.10 Å². The first kappa shape index (κ1) is 29.3. The largest absolute Gasteiger partial charge is 0.476 e. The predicted octanol–water partition coefficient (Wildman–Crippen LogP) is 5.32. The number of benzene rings is 4. The number of carbonyl (C=O) groups excluding carboxylic acids is 2. The van der Waals surface area contributed by atoms with Gasteiger partial charge < -0.3 is 25.3 Å². The van der Waals surface area contributed by atoms with Crippen molar-refractivity contribution in [3.05, 3.63) is 101 Å². The van der Waals surface area contributed by atoms with Crippen LogP contribution in [0.3, 0.4) is 0 Å². The molecule has 1 aromatic heterocycles. The zero-order chi connectivity index (χ0) is 32.3. The molecule has 1 saturated heterocycles. The molecule has 4 aromatic carbocycles. The fraction of sp³-hybridized carbons (Fsp3) is 0.250. The molecule has 0 radical (unpaired) electrons. The minimum Gasteiger partial charge on any atom is -0.476 e. The van der Waals surface area contributed by atoms with Gasteiger partial charge in [0.1, 0.15) is 11.6 Å². The number of fused-ring (bicyclic) bond motifs is 3. The number of imidazole rings is 1. The van der Waals surface area contributed by atoms with E-state index in [0.29, 0.717) is 40.6 Å². The summed E-state index contributed by atoms with van der Waals surface area (Å²) in [4.78, 5) is 38.4. The Labute approximate surface area is 272 Å². The van der Waals surface area contributed by atoms with Gasteiger partial charge in [0.25, 0.3) is 11.8 Å². The number of ether oxygens (including phenoxy) is 1. The van der Waals surface area contributed by atoms with Crippen molar-refractivity contribution in [1.82, 2.24) is 9.97 Å². The highest BCUT2D eigenvalue weighted by Gasteiger charge is 2.31. The molecule has 1 fully saturated rings. The minimum absolute atomic E-state index is 0.000872. The van der Waals surface area contributed by atoms with Crippen LogP contribution in [-0.4, -0.2) is 49.0 Å². The molecule has 11 heteroatoms. The number of piperidine rings is 1. The summed E-state index contributed by atoms with van der Waals surface area (Å²) in [6.45, 7) is 2.65. The number of aromatic amines is 1. The molecule has 47 heavy (non-hydrogen) atoms. The zero-order valence-electron chi connectivity index (χ0n) is 25.6. The van der Waals surface area contributed by atoms with Gasteiger partial charge in [-0.15, -0.1) is 0 Å². The number of nitrogens with zero attached hydrogens (tertiary/aromatic N) is 3. The summed E-state index contributed by atoms with van der Waals surface area (Å²) in [6.07, 6.45) is 3.00. The Morgan fingerprint density at radius 1 is 0.894 bits per heavy atom. The van der Waals surface area contributed by atoms with Crippen LogP contribution in [0, 0.1) is 0 Å². The minimum atomic E-state index is -3.28. The van der Waals surface area contributed by atoms with E-state index in [2.05, 4.69) is 22.0 Å². The number of anilines is 2. The SMILES string of the molecule is NC(=O)C(Oc1ccc(-c2nc3ccc(N4Cc5cc(N6CCCCC6)ccc5C4=O)cc3[nH]2)cc1)c1ccc2c(c1)CCS2(=O)=O. The van der Waals surface area contributed by atoms with E-state index in [1.165, 1.54) is 31.0 Å². The van der Waals surface area contributed by atoms with Crippen molar-refractivity contribution in [1.29, 1.82) is 0 Å². The molecule has 5 aromatic rings. The summed E-state index contributed by atoms with van der Waals surface area (Å²) in [7, 11) is -3.28. The standard InChI is InChI=1S/C36H33N5O5S/c37-34(42)33(24-6-13-32-23(18-24)14-17-47(32,44)45)46-28-9-4-22(5-10-28)35-38-30-12-8-27(20-31(30)39-35)41-21-25-19-26(7-11-29(25)36(41)43)40-15-2-1-3-16-40/h4-13,18-20,33H,1-3,14-17,21H2,(H2,37,42)(H,38,39). The number of sulfone groups is 1. The molecule has 4 heterocycles. The predicted molar refractivity (Wildman–Crippen MR) is 179 cm³/mol. The second-order valence-corrected chi connectivity index (χ2v) is 14.5. The molecule has 238 valence electrons. The Morgan fingerprint density at radius 3 is 2.47 bits per heavy atom. The van der Waals surface area contributed by atoms with Crippen molar-refractivity contribution in [3.63, 3.8) is 0 Å². The molecule has 10 nitrogen and oxygen atoms in total. The molecule has 3 aliphatic heterocycles. The van der Waals surface area contributed by atoms with Crippen LogP contribution in [0.15, 0.2) is 83.8 Å². The van der Waals surface area contributed by atoms with Gasteiger partial charge in [0.15, 0.2) is 9.84 Å². The number of aryl methyl sites for hydroxylation is 1. The number of rotatable bonds is 7. The third-order valence-electron chi connectivity index (χ3n) is 9.39. The maximum atomic E-state index is 13.4. The van der Waals surface area contributed by atoms with Crippen molar-refractivity contribution in [2.24, 2.45) is 5.73 Å². The summed E-state index contributed by atoms with van der Waals surface area (Å²) >= 11 is 0. The quantitative estimate of drug-likeness (QED) is 0.244. The number of hydrogen-bond donors (Lipinski definition) is 2. The molecule has 1 atom stereocenters. The summed E-state index contributed by atoms with van der Waals surface area (Å²) in [5.41, 5.74) is 13.0. The number of nitrogens with one attached hydrogen (secondary N) is 1. The topological polar surface area (TPSA) is 139 Å². The lowest BCUT2D eigenvalue weighted by Gasteiger charge is -2.29. The second kappa shape index (κ2) is 11.3. The van der Waals surface area contributed by atoms with Crippen LogP contribution >= 0.6 is 0 Å². The Hall–Kier alpha value is -5.16. The van der Waals surface area contributed by atoms with E-state index in [9.17, 15) is 18.0 Å². The van der Waals surface area contributed by atoms with Gasteiger partial charge in [-0.05, 0) is 104 Å². The number of hydrogen-bond acceptors (Lipinski definition) is 7. The highest BCUT2D eigenvalue weighted by molar-refractivity contribution is 7.91. The van der Waals surface area contributed by atoms with E-state index < -0.39 is 21.8 Å². The van der Waals surface area contributed by atoms with E-state index in [1.54, 1.807) is 24.3 Å². The van der Waals surface area contributed by atoms with Crippen LogP contribution in [-0.2, 0) is 27.6 Å². The second-order valence-electron chi connectivity index (χ2n) is 12.4. The lowest BCUT2D eigenvalue weighted by atomic mass is 10.0. The average Bonchev–Trinajstić information content (AvgIpc) is 3.76. The Morgan fingerprint density at radius 2 is 1.68 bits per heavy atom. The molecule has 3 N–H and O–H groups in total. The van der Waals surface area contributed by atoms with Crippen LogP contribution in [0.5, 0.6) is 5.75 Å². The summed E-state index contributed by atoms with van der Waals surface area (Å²) in [5, 5.41) is 0. The maximum Gasteiger partial charge on any atom is 0.263 e. The molecule has 0 saturated carbocycles. The van der Waals surface area contributed by atoms with E-state index in [4.69, 9.17) is 15.5 Å². The molecule has 1 unspecified atom stereocenters. The highest BCUT2D eigenvalue weighted by Crippen LogP contribution is 2.35. The van der Waals surface area contributed by atoms with E-state index in [0.717, 1.165) is 46.5 Å². The highest BCUT2D eigenvalue weighted by atomic mass is 32.2. The first-order chi connectivity index (χ1) is 22.7. The van der Waals surface area contributed by atoms with Crippen molar-refractivity contribution < 1.29 is 22.7 Å². The van der Waals surface area contributed by atoms with Crippen LogP contribution < -0.4 is 20.3 Å². The average molecular weight is 648 g/mol. The van der Waals surface area contributed by atoms with Gasteiger partial charge >= 0.3 is 0 Å². The third kappa shape index (κ3) is 5.30. The van der Waals surface area contributed by atoms with Crippen LogP contribution in [0.1, 0.15) is 52.4 Å². The van der Waals surface area contributed by atoms with Gasteiger partial charge in [0.05, 0.1) is 28.2 Å². The van der Waals surface area contributed by atoms with E-state index >= 15 is 0 Å². The monoisotopic (exact) mass is 647 g/mol. The summed E-state index contributed by atoms with van der Waals surface area (Å²) < 4.78 is 30.4. The normalized spacial score (nSPS) is 17.5. The molecule has 0 bridgehead atoms.